The Morgan fingerprint density at radius 2 is 1.09 bits per heavy atom. The number of halogens is 2. The third kappa shape index (κ3) is 10.5. The Labute approximate surface area is 365 Å². The first-order valence-corrected chi connectivity index (χ1v) is 25.3. The molecule has 1 unspecified atom stereocenters. The summed E-state index contributed by atoms with van der Waals surface area (Å²) in [7, 11) is 0.385. The Hall–Kier alpha value is -1.96. The van der Waals surface area contributed by atoms with Crippen molar-refractivity contribution in [1.29, 1.82) is 0 Å². The summed E-state index contributed by atoms with van der Waals surface area (Å²) in [6, 6.07) is 31.5. The molecule has 4 aromatic carbocycles. The van der Waals surface area contributed by atoms with E-state index in [-0.39, 0.29) is 12.1 Å². The molecule has 2 N–H and O–H groups in total. The first-order chi connectivity index (χ1) is 28.0. The van der Waals surface area contributed by atoms with Crippen LogP contribution < -0.4 is 10.6 Å². The Kier molecular flexibility index (Phi) is 16.3. The van der Waals surface area contributed by atoms with E-state index < -0.39 is 0 Å². The zero-order chi connectivity index (χ0) is 39.6. The van der Waals surface area contributed by atoms with E-state index in [0.717, 1.165) is 18.7 Å². The number of aryl methyl sites for hydroxylation is 2. The maximum atomic E-state index is 6.89. The van der Waals surface area contributed by atoms with Crippen molar-refractivity contribution < 1.29 is 17.9 Å². The average molecular weight is 907 g/mol. The van der Waals surface area contributed by atoms with Gasteiger partial charge in [0.05, 0.1) is 16.2 Å². The molecule has 0 bridgehead atoms. The molecule has 0 amide bonds. The molecule has 4 aliphatic carbocycles. The van der Waals surface area contributed by atoms with Crippen LogP contribution in [-0.2, 0) is 17.9 Å². The van der Waals surface area contributed by atoms with E-state index >= 15 is 0 Å². The predicted octanol–water partition coefficient (Wildman–Crippen LogP) is 13.9. The Bertz CT molecular complexity index is 1900. The molecule has 1 atom stereocenters. The van der Waals surface area contributed by atoms with Gasteiger partial charge in [0.15, 0.2) is 0 Å². The number of hydrogen-bond donors (Lipinski definition) is 2. The second kappa shape index (κ2) is 21.5. The topological polar surface area (TPSA) is 24.1 Å². The van der Waals surface area contributed by atoms with E-state index in [1.165, 1.54) is 80.8 Å². The summed E-state index contributed by atoms with van der Waals surface area (Å²) in [5.41, 5.74) is 14.7. The van der Waals surface area contributed by atoms with E-state index in [1.807, 2.05) is 28.9 Å². The van der Waals surface area contributed by atoms with Crippen LogP contribution in [0.2, 0.25) is 10.0 Å². The molecular weight excluding hydrogens is 844 g/mol. The van der Waals surface area contributed by atoms with Gasteiger partial charge in [-0.05, 0) is 114 Å². The first-order valence-electron chi connectivity index (χ1n) is 22.0. The standard InChI is InChI=1S/C26H24Cl2N2.C18H33P.C7H6.Ru/c1-15-7-3-5-9-17(15)21-19-11-12-20(27)25(28)23(19)22(18-10-6-4-8-16(18)2)24(21)26-29-13-14-30-26;1-4-10-16(11-5-1)19(17-12-6-2-7-13-17)18-14-8-3-9-15-18;1-7-5-3-2-4-6-7;/h3-12,21,26,29-30H,13-14H2,1-2H3;16-18H,1-15H2;1-6H;. The van der Waals surface area contributed by atoms with Crippen molar-refractivity contribution in [3.8, 4) is 0 Å². The Balaban J connectivity index is 0.000000156. The normalized spacial score (nSPS) is 20.8. The van der Waals surface area contributed by atoms with E-state index in [9.17, 15) is 0 Å². The van der Waals surface area contributed by atoms with Crippen LogP contribution in [0, 0.1) is 13.8 Å². The van der Waals surface area contributed by atoms with Crippen molar-refractivity contribution in [2.45, 2.75) is 139 Å². The van der Waals surface area contributed by atoms with Crippen LogP contribution in [0.15, 0.2) is 96.6 Å². The summed E-state index contributed by atoms with van der Waals surface area (Å²) in [6.07, 6.45) is 23.7. The van der Waals surface area contributed by atoms with Crippen LogP contribution in [0.4, 0.5) is 0 Å². The van der Waals surface area contributed by atoms with Crippen LogP contribution in [0.25, 0.3) is 5.57 Å². The fourth-order valence-electron chi connectivity index (χ4n) is 10.5. The Morgan fingerprint density at radius 1 is 0.579 bits per heavy atom. The molecule has 3 saturated carbocycles. The van der Waals surface area contributed by atoms with E-state index in [4.69, 9.17) is 23.2 Å². The molecule has 1 aliphatic heterocycles. The van der Waals surface area contributed by atoms with Gasteiger partial charge in [-0.1, -0.05) is 144 Å². The first kappa shape index (κ1) is 43.1. The van der Waals surface area contributed by atoms with Crippen LogP contribution >= 0.6 is 31.1 Å². The summed E-state index contributed by atoms with van der Waals surface area (Å²) in [5, 5.41) is 8.56. The molecule has 5 aliphatic rings. The molecule has 0 aromatic heterocycles. The summed E-state index contributed by atoms with van der Waals surface area (Å²) in [6.45, 7) is 6.24. The molecule has 0 spiro atoms. The molecule has 1 saturated heterocycles. The monoisotopic (exact) mass is 906 g/mol. The van der Waals surface area contributed by atoms with Gasteiger partial charge in [-0.3, -0.25) is 10.6 Å². The SMILES string of the molecule is C1CCC(P(C2CCCCC2)C2CCCCC2)CC1.Cc1ccccc1C1=C(C2NCCN2)C(c2ccccc2C)c2ccc(Cl)c(Cl)c21.[Ru]=[CH]c1ccccc1. The van der Waals surface area contributed by atoms with Gasteiger partial charge in [-0.25, -0.2) is 0 Å². The second-order valence-electron chi connectivity index (χ2n) is 16.9. The third-order valence-corrected chi connectivity index (χ3v) is 18.7. The molecule has 9 rings (SSSR count). The molecule has 57 heavy (non-hydrogen) atoms. The van der Waals surface area contributed by atoms with Gasteiger partial charge in [0.25, 0.3) is 0 Å². The van der Waals surface area contributed by atoms with Gasteiger partial charge in [0.2, 0.25) is 0 Å². The van der Waals surface area contributed by atoms with Crippen molar-refractivity contribution in [1.82, 2.24) is 10.6 Å². The zero-order valence-electron chi connectivity index (χ0n) is 34.2. The zero-order valence-corrected chi connectivity index (χ0v) is 38.3. The van der Waals surface area contributed by atoms with Crippen molar-refractivity contribution in [3.05, 3.63) is 146 Å². The van der Waals surface area contributed by atoms with E-state index in [0.29, 0.717) is 18.0 Å². The van der Waals surface area contributed by atoms with Gasteiger partial charge in [0, 0.05) is 24.6 Å². The number of fused-ring (bicyclic) bond motifs is 1. The average Bonchev–Trinajstić information content (AvgIpc) is 3.92. The molecule has 4 fully saturated rings. The van der Waals surface area contributed by atoms with Crippen molar-refractivity contribution in [2.24, 2.45) is 0 Å². The molecule has 6 heteroatoms. The van der Waals surface area contributed by atoms with E-state index in [1.54, 1.807) is 77.0 Å². The molecule has 304 valence electrons. The van der Waals surface area contributed by atoms with Gasteiger partial charge >= 0.3 is 58.4 Å². The molecular formula is C51H63Cl2N2PRu. The minimum atomic E-state index is 0.0893. The van der Waals surface area contributed by atoms with Gasteiger partial charge in [0.1, 0.15) is 0 Å². The van der Waals surface area contributed by atoms with E-state index in [2.05, 4.69) is 109 Å². The summed E-state index contributed by atoms with van der Waals surface area (Å²) >= 11 is 15.9. The fraction of sp³-hybridized carbons (Fsp3) is 0.471. The number of hydrogen-bond acceptors (Lipinski definition) is 2. The van der Waals surface area contributed by atoms with Crippen LogP contribution in [0.5, 0.6) is 0 Å². The summed E-state index contributed by atoms with van der Waals surface area (Å²) < 4.78 is 2.01. The molecule has 4 aromatic rings. The summed E-state index contributed by atoms with van der Waals surface area (Å²) in [4.78, 5) is 0. The summed E-state index contributed by atoms with van der Waals surface area (Å²) in [5.74, 6) is 0.119. The Morgan fingerprint density at radius 3 is 1.60 bits per heavy atom. The van der Waals surface area contributed by atoms with Crippen LogP contribution in [0.3, 0.4) is 0 Å². The van der Waals surface area contributed by atoms with Crippen LogP contribution in [0.1, 0.15) is 141 Å². The van der Waals surface area contributed by atoms with Crippen LogP contribution in [-0.4, -0.2) is 40.8 Å². The minimum absolute atomic E-state index is 0.0893. The van der Waals surface area contributed by atoms with Gasteiger partial charge in [-0.2, -0.15) is 0 Å². The number of rotatable bonds is 7. The fourth-order valence-corrected chi connectivity index (χ4v) is 15.9. The van der Waals surface area contributed by atoms with Crippen molar-refractivity contribution >= 4 is 41.3 Å². The molecule has 2 nitrogen and oxygen atoms in total. The quantitative estimate of drug-likeness (QED) is 0.143. The maximum absolute atomic E-state index is 6.89. The second-order valence-corrected chi connectivity index (χ2v) is 21.3. The number of nitrogens with one attached hydrogen (secondary N) is 2. The van der Waals surface area contributed by atoms with Gasteiger partial charge < -0.3 is 0 Å². The predicted molar refractivity (Wildman–Crippen MR) is 246 cm³/mol. The van der Waals surface area contributed by atoms with Gasteiger partial charge in [-0.15, -0.1) is 0 Å². The molecule has 0 radical (unpaired) electrons. The third-order valence-electron chi connectivity index (χ3n) is 13.2. The molecule has 1 heterocycles. The number of benzene rings is 4. The van der Waals surface area contributed by atoms with Crippen molar-refractivity contribution in [3.63, 3.8) is 0 Å². The van der Waals surface area contributed by atoms with Crippen molar-refractivity contribution in [2.75, 3.05) is 13.1 Å².